The average molecular weight is 369 g/mol. The number of thiazole rings is 1. The Hall–Kier alpha value is -3.07. The summed E-state index contributed by atoms with van der Waals surface area (Å²) in [6.07, 6.45) is 0.323. The van der Waals surface area contributed by atoms with Crippen LogP contribution in [0.25, 0.3) is 15.3 Å². The van der Waals surface area contributed by atoms with Crippen LogP contribution in [0.5, 0.6) is 0 Å². The lowest BCUT2D eigenvalue weighted by Crippen LogP contribution is -2.37. The summed E-state index contributed by atoms with van der Waals surface area (Å²) in [7, 11) is 0. The van der Waals surface area contributed by atoms with Crippen LogP contribution in [-0.4, -0.2) is 43.9 Å². The molecule has 3 heterocycles. The normalized spacial score (nSPS) is 14.4. The highest BCUT2D eigenvalue weighted by atomic mass is 32.1. The second kappa shape index (κ2) is 6.34. The smallest absolute Gasteiger partial charge is 0.245 e. The molecule has 0 bridgehead atoms. The molecule has 2 aromatic heterocycles. The maximum atomic E-state index is 12.3. The van der Waals surface area contributed by atoms with Gasteiger partial charge >= 0.3 is 0 Å². The Balaban J connectivity index is 1.58. The number of nitrogens with one attached hydrogen (secondary N) is 1. The predicted octanol–water partition coefficient (Wildman–Crippen LogP) is 1.88. The van der Waals surface area contributed by atoms with Crippen LogP contribution in [0.4, 0.5) is 5.82 Å². The molecule has 0 spiro atoms. The van der Waals surface area contributed by atoms with Crippen molar-refractivity contribution in [3.8, 4) is 5.13 Å². The summed E-state index contributed by atoms with van der Waals surface area (Å²) in [5, 5.41) is 7.75. The number of anilines is 1. The highest BCUT2D eigenvalue weighted by Crippen LogP contribution is 2.27. The molecule has 26 heavy (non-hydrogen) atoms. The number of para-hydroxylation sites is 1. The number of aryl methyl sites for hydroxylation is 1. The molecular weight excluding hydrogens is 354 g/mol. The number of carbonyl (C=O) groups excluding carboxylic acids is 3. The van der Waals surface area contributed by atoms with E-state index in [0.717, 1.165) is 15.1 Å². The number of benzene rings is 1. The van der Waals surface area contributed by atoms with E-state index in [-0.39, 0.29) is 31.2 Å². The largest absolute Gasteiger partial charge is 0.309 e. The summed E-state index contributed by atoms with van der Waals surface area (Å²) in [5.41, 5.74) is 1.57. The minimum Gasteiger partial charge on any atom is -0.309 e. The molecule has 1 saturated heterocycles. The fraction of sp³-hybridized carbons (Fsp3) is 0.235. The Labute approximate surface area is 152 Å². The molecule has 132 valence electrons. The van der Waals surface area contributed by atoms with Crippen LogP contribution in [0.3, 0.4) is 0 Å². The standard InChI is InChI=1S/C17H15N5O3S/c1-10-8-13(19-14(23)9-21-15(24)6-7-16(21)25)22(20-10)17-18-11-4-2-3-5-12(11)26-17/h2-5,8H,6-7,9H2,1H3,(H,19,23). The van der Waals surface area contributed by atoms with Crippen LogP contribution in [0.15, 0.2) is 30.3 Å². The zero-order valence-electron chi connectivity index (χ0n) is 13.9. The van der Waals surface area contributed by atoms with Gasteiger partial charge in [-0.2, -0.15) is 9.78 Å². The van der Waals surface area contributed by atoms with E-state index in [4.69, 9.17) is 0 Å². The third kappa shape index (κ3) is 2.97. The Morgan fingerprint density at radius 2 is 1.96 bits per heavy atom. The maximum absolute atomic E-state index is 12.3. The third-order valence-electron chi connectivity index (χ3n) is 4.02. The van der Waals surface area contributed by atoms with Gasteiger partial charge in [-0.05, 0) is 19.1 Å². The van der Waals surface area contributed by atoms with E-state index in [9.17, 15) is 14.4 Å². The van der Waals surface area contributed by atoms with Crippen LogP contribution in [0, 0.1) is 6.92 Å². The summed E-state index contributed by atoms with van der Waals surface area (Å²) in [4.78, 5) is 41.2. The van der Waals surface area contributed by atoms with Crippen molar-refractivity contribution in [1.29, 1.82) is 0 Å². The molecule has 0 unspecified atom stereocenters. The third-order valence-corrected chi connectivity index (χ3v) is 5.03. The Morgan fingerprint density at radius 1 is 1.23 bits per heavy atom. The first kappa shape index (κ1) is 16.4. The summed E-state index contributed by atoms with van der Waals surface area (Å²) < 4.78 is 2.58. The van der Waals surface area contributed by atoms with Gasteiger partial charge in [-0.3, -0.25) is 19.3 Å². The number of hydrogen-bond donors (Lipinski definition) is 1. The van der Waals surface area contributed by atoms with E-state index in [0.29, 0.717) is 16.6 Å². The molecule has 9 heteroatoms. The van der Waals surface area contributed by atoms with Gasteiger partial charge < -0.3 is 5.32 Å². The summed E-state index contributed by atoms with van der Waals surface area (Å²) in [6.45, 7) is 1.52. The van der Waals surface area contributed by atoms with Crippen molar-refractivity contribution in [3.63, 3.8) is 0 Å². The van der Waals surface area contributed by atoms with Crippen LogP contribution in [0.1, 0.15) is 18.5 Å². The van der Waals surface area contributed by atoms with Crippen molar-refractivity contribution in [3.05, 3.63) is 36.0 Å². The molecule has 1 N–H and O–H groups in total. The Kier molecular flexibility index (Phi) is 4.00. The lowest BCUT2D eigenvalue weighted by atomic mass is 10.3. The second-order valence-electron chi connectivity index (χ2n) is 5.97. The molecule has 1 fully saturated rings. The number of rotatable bonds is 4. The van der Waals surface area contributed by atoms with E-state index < -0.39 is 5.91 Å². The minimum absolute atomic E-state index is 0.162. The van der Waals surface area contributed by atoms with Crippen LogP contribution in [-0.2, 0) is 14.4 Å². The summed E-state index contributed by atoms with van der Waals surface area (Å²) >= 11 is 1.46. The molecule has 0 atom stereocenters. The Bertz CT molecular complexity index is 989. The summed E-state index contributed by atoms with van der Waals surface area (Å²) in [5.74, 6) is -0.636. The number of aromatic nitrogens is 3. The number of fused-ring (bicyclic) bond motifs is 1. The highest BCUT2D eigenvalue weighted by Gasteiger charge is 2.30. The van der Waals surface area contributed by atoms with Gasteiger partial charge in [0.25, 0.3) is 0 Å². The van der Waals surface area contributed by atoms with Crippen LogP contribution in [0.2, 0.25) is 0 Å². The molecular formula is C17H15N5O3S. The molecule has 3 aromatic rings. The zero-order chi connectivity index (χ0) is 18.3. The van der Waals surface area contributed by atoms with Crippen molar-refractivity contribution < 1.29 is 14.4 Å². The van der Waals surface area contributed by atoms with Crippen molar-refractivity contribution in [1.82, 2.24) is 19.7 Å². The average Bonchev–Trinajstić information content (AvgIpc) is 3.27. The minimum atomic E-state index is -0.448. The molecule has 4 rings (SSSR count). The van der Waals surface area contributed by atoms with Crippen molar-refractivity contribution >= 4 is 45.1 Å². The highest BCUT2D eigenvalue weighted by molar-refractivity contribution is 7.20. The fourth-order valence-corrected chi connectivity index (χ4v) is 3.74. The molecule has 0 aliphatic carbocycles. The number of nitrogens with zero attached hydrogens (tertiary/aromatic N) is 4. The molecule has 1 aromatic carbocycles. The van der Waals surface area contributed by atoms with E-state index in [2.05, 4.69) is 15.4 Å². The van der Waals surface area contributed by atoms with Gasteiger partial charge in [0, 0.05) is 18.9 Å². The Morgan fingerprint density at radius 3 is 2.69 bits per heavy atom. The van der Waals surface area contributed by atoms with Gasteiger partial charge in [0.2, 0.25) is 22.9 Å². The quantitative estimate of drug-likeness (QED) is 0.708. The van der Waals surface area contributed by atoms with Gasteiger partial charge in [0.15, 0.2) is 0 Å². The van der Waals surface area contributed by atoms with Crippen molar-refractivity contribution in [2.24, 2.45) is 0 Å². The van der Waals surface area contributed by atoms with Gasteiger partial charge in [-0.25, -0.2) is 4.98 Å². The lowest BCUT2D eigenvalue weighted by Gasteiger charge is -2.13. The molecule has 0 radical (unpaired) electrons. The van der Waals surface area contributed by atoms with Crippen LogP contribution < -0.4 is 5.32 Å². The topological polar surface area (TPSA) is 97.2 Å². The van der Waals surface area contributed by atoms with Gasteiger partial charge in [-0.1, -0.05) is 23.5 Å². The van der Waals surface area contributed by atoms with Gasteiger partial charge in [0.05, 0.1) is 15.9 Å². The summed E-state index contributed by atoms with van der Waals surface area (Å²) in [6, 6.07) is 9.44. The van der Waals surface area contributed by atoms with Crippen molar-refractivity contribution in [2.45, 2.75) is 19.8 Å². The molecule has 0 saturated carbocycles. The van der Waals surface area contributed by atoms with E-state index in [1.807, 2.05) is 31.2 Å². The number of amides is 3. The van der Waals surface area contributed by atoms with Crippen LogP contribution >= 0.6 is 11.3 Å². The molecule has 1 aliphatic rings. The first-order valence-corrected chi connectivity index (χ1v) is 8.88. The van der Waals surface area contributed by atoms with E-state index >= 15 is 0 Å². The maximum Gasteiger partial charge on any atom is 0.245 e. The SMILES string of the molecule is Cc1cc(NC(=O)CN2C(=O)CCC2=O)n(-c2nc3ccccc3s2)n1. The van der Waals surface area contributed by atoms with E-state index in [1.165, 1.54) is 11.3 Å². The van der Waals surface area contributed by atoms with Gasteiger partial charge in [-0.15, -0.1) is 0 Å². The predicted molar refractivity (Wildman–Crippen MR) is 96.1 cm³/mol. The first-order valence-electron chi connectivity index (χ1n) is 8.07. The number of carbonyl (C=O) groups is 3. The number of hydrogen-bond acceptors (Lipinski definition) is 6. The second-order valence-corrected chi connectivity index (χ2v) is 6.98. The first-order chi connectivity index (χ1) is 12.5. The zero-order valence-corrected chi connectivity index (χ0v) is 14.7. The number of imide groups is 1. The molecule has 3 amide bonds. The molecule has 1 aliphatic heterocycles. The lowest BCUT2D eigenvalue weighted by molar-refractivity contribution is -0.141. The monoisotopic (exact) mass is 369 g/mol. The van der Waals surface area contributed by atoms with E-state index in [1.54, 1.807) is 10.7 Å². The molecule has 8 nitrogen and oxygen atoms in total. The van der Waals surface area contributed by atoms with Crippen molar-refractivity contribution in [2.75, 3.05) is 11.9 Å². The number of likely N-dealkylation sites (tertiary alicyclic amines) is 1. The fourth-order valence-electron chi connectivity index (χ4n) is 2.81. The van der Waals surface area contributed by atoms with Gasteiger partial charge in [0.1, 0.15) is 12.4 Å².